The number of ketones is 1. The predicted molar refractivity (Wildman–Crippen MR) is 98.2 cm³/mol. The Morgan fingerprint density at radius 2 is 2.04 bits per heavy atom. The Kier molecular flexibility index (Phi) is 8.12. The first-order chi connectivity index (χ1) is 12.6. The fourth-order valence-corrected chi connectivity index (χ4v) is 2.94. The Labute approximate surface area is 154 Å². The van der Waals surface area contributed by atoms with Crippen LogP contribution in [-0.4, -0.2) is 37.1 Å². The van der Waals surface area contributed by atoms with E-state index >= 15 is 0 Å². The maximum atomic E-state index is 12.1. The highest BCUT2D eigenvalue weighted by molar-refractivity contribution is 5.95. The third kappa shape index (κ3) is 6.17. The van der Waals surface area contributed by atoms with Crippen molar-refractivity contribution < 1.29 is 23.8 Å². The highest BCUT2D eigenvalue weighted by Crippen LogP contribution is 2.28. The Morgan fingerprint density at radius 3 is 2.73 bits per heavy atom. The number of esters is 1. The summed E-state index contributed by atoms with van der Waals surface area (Å²) in [6.07, 6.45) is 9.98. The van der Waals surface area contributed by atoms with Gasteiger partial charge in [0.15, 0.2) is 17.3 Å². The monoisotopic (exact) mass is 361 g/mol. The second-order valence-electron chi connectivity index (χ2n) is 6.23. The minimum Gasteiger partial charge on any atom is -0.491 e. The van der Waals surface area contributed by atoms with E-state index in [0.717, 1.165) is 25.7 Å². The second kappa shape index (κ2) is 10.6. The summed E-state index contributed by atoms with van der Waals surface area (Å²) in [5.41, 5.74) is 0.637. The van der Waals surface area contributed by atoms with Crippen LogP contribution in [0.15, 0.2) is 18.3 Å². The summed E-state index contributed by atoms with van der Waals surface area (Å²) < 4.78 is 15.9. The maximum Gasteiger partial charge on any atom is 0.305 e. The van der Waals surface area contributed by atoms with Gasteiger partial charge in [-0.2, -0.15) is 0 Å². The van der Waals surface area contributed by atoms with Crippen LogP contribution in [0.25, 0.3) is 6.08 Å². The van der Waals surface area contributed by atoms with Gasteiger partial charge in [-0.25, -0.2) is 0 Å². The molecular formula is C20H27NO5. The first-order valence-corrected chi connectivity index (χ1v) is 9.18. The lowest BCUT2D eigenvalue weighted by atomic mass is 10.0. The van der Waals surface area contributed by atoms with Crippen LogP contribution < -0.4 is 9.47 Å². The van der Waals surface area contributed by atoms with Crippen molar-refractivity contribution in [3.63, 3.8) is 0 Å². The zero-order chi connectivity index (χ0) is 18.8. The molecule has 1 aromatic heterocycles. The van der Waals surface area contributed by atoms with E-state index in [1.807, 2.05) is 0 Å². The van der Waals surface area contributed by atoms with Gasteiger partial charge in [0, 0.05) is 18.4 Å². The molecule has 0 saturated heterocycles. The van der Waals surface area contributed by atoms with Crippen molar-refractivity contribution in [3.05, 3.63) is 24.0 Å². The predicted octanol–water partition coefficient (Wildman–Crippen LogP) is 3.58. The Bertz CT molecular complexity index is 635. The van der Waals surface area contributed by atoms with Crippen molar-refractivity contribution in [2.45, 2.75) is 45.4 Å². The third-order valence-corrected chi connectivity index (χ3v) is 4.34. The number of methoxy groups -OCH3 is 1. The summed E-state index contributed by atoms with van der Waals surface area (Å²) in [5, 5.41) is 0. The molecule has 6 nitrogen and oxygen atoms in total. The fraction of sp³-hybridized carbons (Fsp3) is 0.550. The van der Waals surface area contributed by atoms with Gasteiger partial charge in [-0.15, -0.1) is 0 Å². The van der Waals surface area contributed by atoms with Gasteiger partial charge < -0.3 is 14.2 Å². The van der Waals surface area contributed by atoms with Gasteiger partial charge in [0.05, 0.1) is 32.2 Å². The number of nitrogens with zero attached hydrogens (tertiary/aromatic N) is 1. The van der Waals surface area contributed by atoms with Crippen LogP contribution in [-0.2, 0) is 14.3 Å². The lowest BCUT2D eigenvalue weighted by Crippen LogP contribution is -2.07. The molecular weight excluding hydrogens is 334 g/mol. The molecule has 0 N–H and O–H groups in total. The molecule has 1 aliphatic rings. The van der Waals surface area contributed by atoms with E-state index in [0.29, 0.717) is 43.2 Å². The topological polar surface area (TPSA) is 74.7 Å². The smallest absolute Gasteiger partial charge is 0.305 e. The van der Waals surface area contributed by atoms with Crippen molar-refractivity contribution in [2.75, 3.05) is 20.3 Å². The molecule has 0 aliphatic heterocycles. The molecule has 142 valence electrons. The molecule has 0 bridgehead atoms. The molecule has 0 atom stereocenters. The maximum absolute atomic E-state index is 12.1. The van der Waals surface area contributed by atoms with Gasteiger partial charge >= 0.3 is 5.97 Å². The van der Waals surface area contributed by atoms with Gasteiger partial charge in [-0.1, -0.05) is 12.8 Å². The Balaban J connectivity index is 1.92. The molecule has 2 rings (SSSR count). The van der Waals surface area contributed by atoms with E-state index in [9.17, 15) is 9.59 Å². The van der Waals surface area contributed by atoms with Gasteiger partial charge in [0.1, 0.15) is 0 Å². The highest BCUT2D eigenvalue weighted by atomic mass is 16.5. The summed E-state index contributed by atoms with van der Waals surface area (Å²) >= 11 is 0. The minimum atomic E-state index is -0.230. The number of carbonyl (C=O) groups is 2. The SMILES string of the molecule is CCOC(=O)CCCOc1cc(C=CC(=O)C2CCCC2)ncc1OC. The van der Waals surface area contributed by atoms with Crippen LogP contribution in [0.1, 0.15) is 51.1 Å². The number of pyridine rings is 1. The minimum absolute atomic E-state index is 0.156. The molecule has 0 spiro atoms. The largest absolute Gasteiger partial charge is 0.491 e. The molecule has 0 amide bonds. The first-order valence-electron chi connectivity index (χ1n) is 9.18. The zero-order valence-corrected chi connectivity index (χ0v) is 15.5. The zero-order valence-electron chi connectivity index (χ0n) is 15.5. The summed E-state index contributed by atoms with van der Waals surface area (Å²) in [5.74, 6) is 1.15. The third-order valence-electron chi connectivity index (χ3n) is 4.34. The fourth-order valence-electron chi connectivity index (χ4n) is 2.94. The number of hydrogen-bond acceptors (Lipinski definition) is 6. The normalized spacial score (nSPS) is 14.5. The Morgan fingerprint density at radius 1 is 1.27 bits per heavy atom. The van der Waals surface area contributed by atoms with Gasteiger partial charge in [0.2, 0.25) is 0 Å². The van der Waals surface area contributed by atoms with Crippen LogP contribution in [0.4, 0.5) is 0 Å². The van der Waals surface area contributed by atoms with Crippen LogP contribution in [0.2, 0.25) is 0 Å². The molecule has 26 heavy (non-hydrogen) atoms. The number of hydrogen-bond donors (Lipinski definition) is 0. The van der Waals surface area contributed by atoms with Crippen molar-refractivity contribution in [1.29, 1.82) is 0 Å². The number of rotatable bonds is 10. The number of allylic oxidation sites excluding steroid dienone is 1. The summed E-state index contributed by atoms with van der Waals surface area (Å²) in [4.78, 5) is 27.7. The van der Waals surface area contributed by atoms with E-state index in [1.165, 1.54) is 0 Å². The summed E-state index contributed by atoms with van der Waals surface area (Å²) in [7, 11) is 1.54. The van der Waals surface area contributed by atoms with Crippen molar-refractivity contribution in [3.8, 4) is 11.5 Å². The van der Waals surface area contributed by atoms with E-state index in [2.05, 4.69) is 4.98 Å². The van der Waals surface area contributed by atoms with Crippen molar-refractivity contribution in [1.82, 2.24) is 4.98 Å². The first kappa shape index (κ1) is 19.9. The second-order valence-corrected chi connectivity index (χ2v) is 6.23. The summed E-state index contributed by atoms with van der Waals surface area (Å²) in [6.45, 7) is 2.53. The average Bonchev–Trinajstić information content (AvgIpc) is 3.18. The van der Waals surface area contributed by atoms with Crippen LogP contribution in [0.3, 0.4) is 0 Å². The lowest BCUT2D eigenvalue weighted by molar-refractivity contribution is -0.143. The van der Waals surface area contributed by atoms with Crippen LogP contribution in [0, 0.1) is 5.92 Å². The van der Waals surface area contributed by atoms with Gasteiger partial charge in [-0.3, -0.25) is 14.6 Å². The number of carbonyl (C=O) groups excluding carboxylic acids is 2. The molecule has 1 saturated carbocycles. The molecule has 0 aromatic carbocycles. The molecule has 1 aromatic rings. The van der Waals surface area contributed by atoms with Gasteiger partial charge in [0.25, 0.3) is 0 Å². The van der Waals surface area contributed by atoms with E-state index < -0.39 is 0 Å². The summed E-state index contributed by atoms with van der Waals surface area (Å²) in [6, 6.07) is 1.74. The Hall–Kier alpha value is -2.37. The molecule has 0 unspecified atom stereocenters. The highest BCUT2D eigenvalue weighted by Gasteiger charge is 2.20. The average molecular weight is 361 g/mol. The van der Waals surface area contributed by atoms with E-state index in [4.69, 9.17) is 14.2 Å². The lowest BCUT2D eigenvalue weighted by Gasteiger charge is -2.11. The molecule has 1 heterocycles. The van der Waals surface area contributed by atoms with Crippen molar-refractivity contribution in [2.24, 2.45) is 5.92 Å². The number of ether oxygens (including phenoxy) is 3. The van der Waals surface area contributed by atoms with E-state index in [-0.39, 0.29) is 17.7 Å². The van der Waals surface area contributed by atoms with Crippen LogP contribution >= 0.6 is 0 Å². The molecule has 6 heteroatoms. The molecule has 1 aliphatic carbocycles. The van der Waals surface area contributed by atoms with Crippen LogP contribution in [0.5, 0.6) is 11.5 Å². The van der Waals surface area contributed by atoms with Crippen molar-refractivity contribution >= 4 is 17.8 Å². The quantitative estimate of drug-likeness (QED) is 0.360. The van der Waals surface area contributed by atoms with E-state index in [1.54, 1.807) is 38.4 Å². The standard InChI is InChI=1S/C20H27NO5/c1-3-25-20(23)9-6-12-26-18-13-16(21-14-19(18)24-2)10-11-17(22)15-7-4-5-8-15/h10-11,13-15H,3-9,12H2,1-2H3. The van der Waals surface area contributed by atoms with Gasteiger partial charge in [-0.05, 0) is 38.3 Å². The molecule has 0 radical (unpaired) electrons. The number of aromatic nitrogens is 1. The molecule has 1 fully saturated rings.